The largest absolute Gasteiger partial charge is 0.497 e. The van der Waals surface area contributed by atoms with Gasteiger partial charge in [0.05, 0.1) is 17.5 Å². The van der Waals surface area contributed by atoms with Gasteiger partial charge in [0, 0.05) is 13.1 Å². The van der Waals surface area contributed by atoms with Gasteiger partial charge in [-0.1, -0.05) is 30.3 Å². The van der Waals surface area contributed by atoms with E-state index in [2.05, 4.69) is 5.32 Å². The van der Waals surface area contributed by atoms with Gasteiger partial charge in [0.2, 0.25) is 10.0 Å². The van der Waals surface area contributed by atoms with Crippen LogP contribution in [0, 0.1) is 0 Å². The highest BCUT2D eigenvalue weighted by atomic mass is 32.2. The number of nitrogens with one attached hydrogen (secondary N) is 1. The normalized spacial score (nSPS) is 25.0. The van der Waals surface area contributed by atoms with Gasteiger partial charge in [-0.15, -0.1) is 0 Å². The first-order chi connectivity index (χ1) is 11.6. The van der Waals surface area contributed by atoms with Crippen LogP contribution in [0.25, 0.3) is 0 Å². The maximum atomic E-state index is 13.1. The van der Waals surface area contributed by atoms with Crippen LogP contribution < -0.4 is 10.1 Å². The molecule has 0 bridgehead atoms. The third-order valence-corrected chi connectivity index (χ3v) is 7.02. The average Bonchev–Trinajstić information content (AvgIpc) is 3.16. The van der Waals surface area contributed by atoms with Crippen molar-refractivity contribution in [2.24, 2.45) is 0 Å². The number of sulfonamides is 1. The Labute approximate surface area is 142 Å². The van der Waals surface area contributed by atoms with Crippen molar-refractivity contribution in [2.45, 2.75) is 23.4 Å². The van der Waals surface area contributed by atoms with Crippen LogP contribution in [0.2, 0.25) is 0 Å². The summed E-state index contributed by atoms with van der Waals surface area (Å²) in [7, 11) is -1.87. The molecule has 1 atom stereocenters. The van der Waals surface area contributed by atoms with E-state index < -0.39 is 15.6 Å². The topological polar surface area (TPSA) is 58.6 Å². The predicted molar refractivity (Wildman–Crippen MR) is 91.3 cm³/mol. The number of benzene rings is 2. The number of nitrogens with zero attached hydrogens (tertiary/aromatic N) is 1. The summed E-state index contributed by atoms with van der Waals surface area (Å²) in [4.78, 5) is 0.446. The maximum absolute atomic E-state index is 13.1. The van der Waals surface area contributed by atoms with E-state index in [0.717, 1.165) is 29.8 Å². The molecule has 6 heteroatoms. The highest BCUT2D eigenvalue weighted by Gasteiger charge is 2.54. The van der Waals surface area contributed by atoms with Crippen LogP contribution in [0.15, 0.2) is 53.4 Å². The number of rotatable bonds is 3. The van der Waals surface area contributed by atoms with Gasteiger partial charge in [0.15, 0.2) is 0 Å². The molecule has 0 aromatic heterocycles. The second kappa shape index (κ2) is 5.58. The summed E-state index contributed by atoms with van der Waals surface area (Å²) in [5, 5.41) is 3.34. The Hall–Kier alpha value is -1.89. The highest BCUT2D eigenvalue weighted by molar-refractivity contribution is 7.89. The van der Waals surface area contributed by atoms with Crippen LogP contribution in [-0.2, 0) is 22.1 Å². The lowest BCUT2D eigenvalue weighted by Gasteiger charge is -2.33. The lowest BCUT2D eigenvalue weighted by atomic mass is 9.88. The molecule has 0 amide bonds. The van der Waals surface area contributed by atoms with Crippen molar-refractivity contribution >= 4 is 10.0 Å². The van der Waals surface area contributed by atoms with E-state index in [-0.39, 0.29) is 0 Å². The van der Waals surface area contributed by atoms with Gasteiger partial charge in [0.25, 0.3) is 0 Å². The smallest absolute Gasteiger partial charge is 0.244 e. The zero-order valence-electron chi connectivity index (χ0n) is 13.5. The van der Waals surface area contributed by atoms with Crippen LogP contribution in [0.3, 0.4) is 0 Å². The summed E-state index contributed by atoms with van der Waals surface area (Å²) in [6, 6.07) is 15.0. The lowest BCUT2D eigenvalue weighted by molar-refractivity contribution is 0.213. The van der Waals surface area contributed by atoms with Crippen molar-refractivity contribution in [1.29, 1.82) is 0 Å². The minimum absolute atomic E-state index is 0.364. The molecule has 2 heterocycles. The third-order valence-electron chi connectivity index (χ3n) is 5.05. The second-order valence-corrected chi connectivity index (χ2v) is 8.15. The van der Waals surface area contributed by atoms with Crippen molar-refractivity contribution in [2.75, 3.05) is 20.2 Å². The van der Waals surface area contributed by atoms with Crippen molar-refractivity contribution < 1.29 is 13.2 Å². The van der Waals surface area contributed by atoms with E-state index in [1.165, 1.54) is 0 Å². The second-order valence-electron chi connectivity index (χ2n) is 6.31. The molecule has 4 rings (SSSR count). The van der Waals surface area contributed by atoms with Crippen molar-refractivity contribution in [1.82, 2.24) is 9.62 Å². The van der Waals surface area contributed by atoms with Crippen LogP contribution in [0.4, 0.5) is 0 Å². The number of fused-ring (bicyclic) bond motifs is 2. The van der Waals surface area contributed by atoms with Gasteiger partial charge >= 0.3 is 0 Å². The van der Waals surface area contributed by atoms with E-state index in [1.807, 2.05) is 36.4 Å². The van der Waals surface area contributed by atoms with E-state index in [0.29, 0.717) is 18.0 Å². The first-order valence-corrected chi connectivity index (χ1v) is 9.48. The van der Waals surface area contributed by atoms with Gasteiger partial charge in [-0.05, 0) is 42.3 Å². The molecule has 0 aliphatic carbocycles. The Morgan fingerprint density at radius 1 is 1.17 bits per heavy atom. The minimum Gasteiger partial charge on any atom is -0.497 e. The molecule has 1 N–H and O–H groups in total. The molecule has 126 valence electrons. The van der Waals surface area contributed by atoms with E-state index in [9.17, 15) is 8.42 Å². The van der Waals surface area contributed by atoms with E-state index in [1.54, 1.807) is 23.5 Å². The minimum atomic E-state index is -3.49. The Morgan fingerprint density at radius 2 is 1.92 bits per heavy atom. The summed E-state index contributed by atoms with van der Waals surface area (Å²) in [6.45, 7) is 1.84. The Balaban J connectivity index is 1.78. The maximum Gasteiger partial charge on any atom is 0.244 e. The summed E-state index contributed by atoms with van der Waals surface area (Å²) >= 11 is 0. The van der Waals surface area contributed by atoms with Gasteiger partial charge in [0.1, 0.15) is 5.75 Å². The number of hydrogen-bond acceptors (Lipinski definition) is 4. The number of ether oxygens (including phenoxy) is 1. The molecule has 24 heavy (non-hydrogen) atoms. The Bertz CT molecular complexity index is 856. The Morgan fingerprint density at radius 3 is 2.58 bits per heavy atom. The zero-order valence-corrected chi connectivity index (χ0v) is 14.3. The fourth-order valence-electron chi connectivity index (χ4n) is 3.81. The molecular weight excluding hydrogens is 324 g/mol. The fraction of sp³-hybridized carbons (Fsp3) is 0.333. The summed E-state index contributed by atoms with van der Waals surface area (Å²) in [5.74, 6) is 0.767. The average molecular weight is 344 g/mol. The highest BCUT2D eigenvalue weighted by Crippen LogP contribution is 2.48. The summed E-state index contributed by atoms with van der Waals surface area (Å²) in [5.41, 5.74) is 1.40. The third kappa shape index (κ3) is 2.17. The van der Waals surface area contributed by atoms with E-state index in [4.69, 9.17) is 4.74 Å². The van der Waals surface area contributed by atoms with Gasteiger partial charge in [-0.25, -0.2) is 8.42 Å². The molecular formula is C18H20N2O3S. The van der Waals surface area contributed by atoms with Crippen molar-refractivity contribution in [3.63, 3.8) is 0 Å². The van der Waals surface area contributed by atoms with Crippen LogP contribution in [0.1, 0.15) is 17.5 Å². The van der Waals surface area contributed by atoms with Crippen molar-refractivity contribution in [3.05, 3.63) is 59.7 Å². The Kier molecular flexibility index (Phi) is 3.63. The summed E-state index contributed by atoms with van der Waals surface area (Å²) in [6.07, 6.45) is 0.791. The number of methoxy groups -OCH3 is 1. The quantitative estimate of drug-likeness (QED) is 0.926. The molecule has 1 unspecified atom stereocenters. The summed E-state index contributed by atoms with van der Waals surface area (Å²) < 4.78 is 33.1. The molecule has 2 aromatic rings. The first kappa shape index (κ1) is 15.6. The molecule has 1 spiro atoms. The number of hydrogen-bond donors (Lipinski definition) is 1. The van der Waals surface area contributed by atoms with Gasteiger partial charge < -0.3 is 10.1 Å². The molecule has 2 aliphatic rings. The van der Waals surface area contributed by atoms with Crippen LogP contribution in [0.5, 0.6) is 5.75 Å². The van der Waals surface area contributed by atoms with Gasteiger partial charge in [-0.3, -0.25) is 0 Å². The molecule has 1 saturated heterocycles. The molecule has 2 aliphatic heterocycles. The fourth-order valence-corrected chi connectivity index (χ4v) is 5.87. The van der Waals surface area contributed by atoms with E-state index >= 15 is 0 Å². The molecule has 2 aromatic carbocycles. The standard InChI is InChI=1S/C18H20N2O3S/c1-23-15-8-6-14(7-9-15)12-20-18(10-11-19-13-18)16-4-2-3-5-17(16)24(20,21)22/h2-9,19H,10-13H2,1H3. The lowest BCUT2D eigenvalue weighted by Crippen LogP contribution is -2.44. The first-order valence-electron chi connectivity index (χ1n) is 8.04. The SMILES string of the molecule is COc1ccc(CN2C3(CCNC3)c3ccccc3S2(=O)=O)cc1. The molecule has 5 nitrogen and oxygen atoms in total. The zero-order chi connectivity index (χ0) is 16.8. The molecule has 0 radical (unpaired) electrons. The monoisotopic (exact) mass is 344 g/mol. The molecule has 0 saturated carbocycles. The molecule has 1 fully saturated rings. The van der Waals surface area contributed by atoms with Crippen LogP contribution in [-0.4, -0.2) is 32.9 Å². The van der Waals surface area contributed by atoms with Crippen LogP contribution >= 0.6 is 0 Å². The van der Waals surface area contributed by atoms with Gasteiger partial charge in [-0.2, -0.15) is 4.31 Å². The predicted octanol–water partition coefficient (Wildman–Crippen LogP) is 2.09. The van der Waals surface area contributed by atoms with Crippen molar-refractivity contribution in [3.8, 4) is 5.75 Å².